The van der Waals surface area contributed by atoms with Gasteiger partial charge in [-0.3, -0.25) is 4.79 Å². The van der Waals surface area contributed by atoms with Crippen molar-refractivity contribution in [2.75, 3.05) is 0 Å². The van der Waals surface area contributed by atoms with E-state index < -0.39 is 23.7 Å². The Morgan fingerprint density at radius 3 is 2.59 bits per heavy atom. The number of rotatable bonds is 5. The van der Waals surface area contributed by atoms with E-state index in [1.807, 2.05) is 0 Å². The number of carboxylic acids is 1. The Labute approximate surface area is 130 Å². The fourth-order valence-electron chi connectivity index (χ4n) is 1.87. The number of halogens is 1. The molecule has 1 heterocycles. The van der Waals surface area contributed by atoms with Crippen LogP contribution in [-0.2, 0) is 4.79 Å². The van der Waals surface area contributed by atoms with Gasteiger partial charge in [-0.05, 0) is 18.1 Å². The molecule has 1 aromatic heterocycles. The maximum atomic E-state index is 13.7. The molecule has 0 fully saturated rings. The lowest BCUT2D eigenvalue weighted by Crippen LogP contribution is -2.44. The molecule has 0 aliphatic heterocycles. The van der Waals surface area contributed by atoms with Gasteiger partial charge >= 0.3 is 5.97 Å². The zero-order valence-corrected chi connectivity index (χ0v) is 12.9. The first-order valence-electron chi connectivity index (χ1n) is 6.64. The summed E-state index contributed by atoms with van der Waals surface area (Å²) in [5.74, 6) is -2.37. The third-order valence-electron chi connectivity index (χ3n) is 3.06. The van der Waals surface area contributed by atoms with Gasteiger partial charge in [0, 0.05) is 10.9 Å². The van der Waals surface area contributed by atoms with E-state index in [-0.39, 0.29) is 11.6 Å². The van der Waals surface area contributed by atoms with Crippen LogP contribution in [0.2, 0.25) is 0 Å². The monoisotopic (exact) mass is 322 g/mol. The molecule has 0 spiro atoms. The van der Waals surface area contributed by atoms with Crippen LogP contribution >= 0.6 is 11.3 Å². The topological polar surface area (TPSA) is 79.3 Å². The van der Waals surface area contributed by atoms with E-state index in [1.165, 1.54) is 11.4 Å². The maximum Gasteiger partial charge on any atom is 0.326 e. The van der Waals surface area contributed by atoms with Crippen molar-refractivity contribution in [3.8, 4) is 10.6 Å². The summed E-state index contributed by atoms with van der Waals surface area (Å²) in [6.07, 6.45) is 0. The lowest BCUT2D eigenvalue weighted by Gasteiger charge is -2.16. The van der Waals surface area contributed by atoms with Crippen molar-refractivity contribution in [2.45, 2.75) is 19.9 Å². The molecule has 0 aliphatic carbocycles. The number of thiazole rings is 1. The molecule has 0 radical (unpaired) electrons. The maximum absolute atomic E-state index is 13.7. The SMILES string of the molecule is CC(C)[C@@H](NC(=O)c1csc(-c2ccccc2F)n1)C(=O)O. The van der Waals surface area contributed by atoms with Crippen LogP contribution in [0.1, 0.15) is 24.3 Å². The summed E-state index contributed by atoms with van der Waals surface area (Å²) in [7, 11) is 0. The van der Waals surface area contributed by atoms with Crippen molar-refractivity contribution in [2.24, 2.45) is 5.92 Å². The van der Waals surface area contributed by atoms with Crippen LogP contribution in [0.4, 0.5) is 4.39 Å². The zero-order chi connectivity index (χ0) is 16.3. The number of aromatic nitrogens is 1. The molecule has 5 nitrogen and oxygen atoms in total. The van der Waals surface area contributed by atoms with Gasteiger partial charge in [0.15, 0.2) is 0 Å². The molecule has 2 aromatic rings. The standard InChI is InChI=1S/C15H15FN2O3S/c1-8(2)12(15(20)21)18-13(19)11-7-22-14(17-11)9-5-3-4-6-10(9)16/h3-8,12H,1-2H3,(H,18,19)(H,20,21)/t12-/m1/s1. The van der Waals surface area contributed by atoms with E-state index in [0.717, 1.165) is 11.3 Å². The van der Waals surface area contributed by atoms with Crippen molar-refractivity contribution in [1.29, 1.82) is 0 Å². The average Bonchev–Trinajstić information content (AvgIpc) is 2.94. The quantitative estimate of drug-likeness (QED) is 0.887. The lowest BCUT2D eigenvalue weighted by atomic mass is 10.0. The molecule has 1 atom stereocenters. The molecule has 2 rings (SSSR count). The molecule has 0 unspecified atom stereocenters. The largest absolute Gasteiger partial charge is 0.480 e. The minimum atomic E-state index is -1.10. The average molecular weight is 322 g/mol. The molecular formula is C15H15FN2O3S. The Morgan fingerprint density at radius 1 is 1.32 bits per heavy atom. The molecule has 0 saturated carbocycles. The Kier molecular flexibility index (Phi) is 4.87. The minimum absolute atomic E-state index is 0.0788. The number of nitrogens with one attached hydrogen (secondary N) is 1. The van der Waals surface area contributed by atoms with E-state index in [2.05, 4.69) is 10.3 Å². The highest BCUT2D eigenvalue weighted by atomic mass is 32.1. The number of aliphatic carboxylic acids is 1. The second-order valence-electron chi connectivity index (χ2n) is 5.05. The molecule has 0 saturated heterocycles. The van der Waals surface area contributed by atoms with Crippen LogP contribution in [0.25, 0.3) is 10.6 Å². The minimum Gasteiger partial charge on any atom is -0.480 e. The van der Waals surface area contributed by atoms with Gasteiger partial charge < -0.3 is 10.4 Å². The first kappa shape index (κ1) is 16.1. The van der Waals surface area contributed by atoms with Crippen LogP contribution < -0.4 is 5.32 Å². The van der Waals surface area contributed by atoms with Gasteiger partial charge in [-0.2, -0.15) is 0 Å². The first-order chi connectivity index (χ1) is 10.4. The van der Waals surface area contributed by atoms with Gasteiger partial charge in [0.1, 0.15) is 22.6 Å². The number of carbonyl (C=O) groups is 2. The second kappa shape index (κ2) is 6.65. The van der Waals surface area contributed by atoms with Gasteiger partial charge in [0.25, 0.3) is 5.91 Å². The highest BCUT2D eigenvalue weighted by Gasteiger charge is 2.25. The summed E-state index contributed by atoms with van der Waals surface area (Å²) in [5.41, 5.74) is 0.389. The number of hydrogen-bond donors (Lipinski definition) is 2. The van der Waals surface area contributed by atoms with Gasteiger partial charge in [-0.15, -0.1) is 11.3 Å². The summed E-state index contributed by atoms with van der Waals surface area (Å²) in [5, 5.41) is 13.4. The Hall–Kier alpha value is -2.28. The van der Waals surface area contributed by atoms with Crippen LogP contribution in [0.3, 0.4) is 0 Å². The number of carbonyl (C=O) groups excluding carboxylic acids is 1. The normalized spacial score (nSPS) is 12.2. The van der Waals surface area contributed by atoms with Crippen molar-refractivity contribution < 1.29 is 19.1 Å². The van der Waals surface area contributed by atoms with Crippen molar-refractivity contribution in [3.05, 3.63) is 41.2 Å². The highest BCUT2D eigenvalue weighted by Crippen LogP contribution is 2.26. The zero-order valence-electron chi connectivity index (χ0n) is 12.0. The third kappa shape index (κ3) is 3.48. The molecule has 0 aliphatic rings. The summed E-state index contributed by atoms with van der Waals surface area (Å²) >= 11 is 1.13. The molecule has 7 heteroatoms. The number of amides is 1. The summed E-state index contributed by atoms with van der Waals surface area (Å²) in [6, 6.07) is 5.14. The molecule has 1 aromatic carbocycles. The van der Waals surface area contributed by atoms with Crippen molar-refractivity contribution in [3.63, 3.8) is 0 Å². The number of carboxylic acid groups (broad SMARTS) is 1. The van der Waals surface area contributed by atoms with Gasteiger partial charge in [0.2, 0.25) is 0 Å². The van der Waals surface area contributed by atoms with E-state index in [4.69, 9.17) is 5.11 Å². The fraction of sp³-hybridized carbons (Fsp3) is 0.267. The number of benzene rings is 1. The summed E-state index contributed by atoms with van der Waals surface area (Å²) in [4.78, 5) is 27.3. The predicted octanol–water partition coefficient (Wildman–Crippen LogP) is 2.79. The van der Waals surface area contributed by atoms with Crippen LogP contribution in [0, 0.1) is 11.7 Å². The highest BCUT2D eigenvalue weighted by molar-refractivity contribution is 7.13. The van der Waals surface area contributed by atoms with Crippen LogP contribution in [-0.4, -0.2) is 28.0 Å². The van der Waals surface area contributed by atoms with Crippen molar-refractivity contribution >= 4 is 23.2 Å². The van der Waals surface area contributed by atoms with Crippen LogP contribution in [0.15, 0.2) is 29.6 Å². The van der Waals surface area contributed by atoms with E-state index in [1.54, 1.807) is 32.0 Å². The molecule has 1 amide bonds. The number of hydrogen-bond acceptors (Lipinski definition) is 4. The Balaban J connectivity index is 2.19. The van der Waals surface area contributed by atoms with Crippen molar-refractivity contribution in [1.82, 2.24) is 10.3 Å². The number of nitrogens with zero attached hydrogens (tertiary/aromatic N) is 1. The van der Waals surface area contributed by atoms with Gasteiger partial charge in [-0.1, -0.05) is 26.0 Å². The van der Waals surface area contributed by atoms with Crippen LogP contribution in [0.5, 0.6) is 0 Å². The first-order valence-corrected chi connectivity index (χ1v) is 7.52. The molecular weight excluding hydrogens is 307 g/mol. The third-order valence-corrected chi connectivity index (χ3v) is 3.94. The fourth-order valence-corrected chi connectivity index (χ4v) is 2.69. The smallest absolute Gasteiger partial charge is 0.326 e. The molecule has 22 heavy (non-hydrogen) atoms. The summed E-state index contributed by atoms with van der Waals surface area (Å²) in [6.45, 7) is 3.40. The van der Waals surface area contributed by atoms with E-state index in [0.29, 0.717) is 10.6 Å². The second-order valence-corrected chi connectivity index (χ2v) is 5.91. The summed E-state index contributed by atoms with van der Waals surface area (Å²) < 4.78 is 13.7. The predicted molar refractivity (Wildman–Crippen MR) is 81.2 cm³/mol. The van der Waals surface area contributed by atoms with Gasteiger partial charge in [0.05, 0.1) is 0 Å². The lowest BCUT2D eigenvalue weighted by molar-refractivity contribution is -0.140. The Morgan fingerprint density at radius 2 is 2.00 bits per heavy atom. The van der Waals surface area contributed by atoms with Gasteiger partial charge in [-0.25, -0.2) is 14.2 Å². The molecule has 116 valence electrons. The molecule has 2 N–H and O–H groups in total. The molecule has 0 bridgehead atoms. The van der Waals surface area contributed by atoms with E-state index in [9.17, 15) is 14.0 Å². The Bertz CT molecular complexity index is 700. The van der Waals surface area contributed by atoms with E-state index >= 15 is 0 Å².